The maximum atomic E-state index is 5.67. The summed E-state index contributed by atoms with van der Waals surface area (Å²) in [7, 11) is 0. The summed E-state index contributed by atoms with van der Waals surface area (Å²) in [4.78, 5) is 4.26. The summed E-state index contributed by atoms with van der Waals surface area (Å²) in [6.07, 6.45) is 3.03. The van der Waals surface area contributed by atoms with E-state index in [0.717, 1.165) is 29.9 Å². The summed E-state index contributed by atoms with van der Waals surface area (Å²) in [6, 6.07) is 2.05. The van der Waals surface area contributed by atoms with E-state index in [0.29, 0.717) is 0 Å². The SMILES string of the molecule is Nc1cnc2c(c1)C1CC1CN2. The first-order chi connectivity index (χ1) is 5.84. The molecule has 0 saturated heterocycles. The number of nitrogens with zero attached hydrogens (tertiary/aromatic N) is 1. The average Bonchev–Trinajstić information content (AvgIpc) is 2.82. The summed E-state index contributed by atoms with van der Waals surface area (Å²) in [5.74, 6) is 2.64. The number of nitrogen functional groups attached to an aromatic ring is 1. The van der Waals surface area contributed by atoms with Crippen molar-refractivity contribution in [1.29, 1.82) is 0 Å². The van der Waals surface area contributed by atoms with Gasteiger partial charge in [0.25, 0.3) is 0 Å². The minimum absolute atomic E-state index is 0.747. The fraction of sp³-hybridized carbons (Fsp3) is 0.444. The van der Waals surface area contributed by atoms with Crippen LogP contribution in [-0.2, 0) is 0 Å². The summed E-state index contributed by atoms with van der Waals surface area (Å²) >= 11 is 0. The molecule has 0 radical (unpaired) electrons. The highest BCUT2D eigenvalue weighted by atomic mass is 15.0. The molecule has 12 heavy (non-hydrogen) atoms. The van der Waals surface area contributed by atoms with Crippen LogP contribution in [0.2, 0.25) is 0 Å². The number of hydrogen-bond acceptors (Lipinski definition) is 3. The minimum atomic E-state index is 0.747. The molecule has 2 unspecified atom stereocenters. The standard InChI is InChI=1S/C9H11N3/c10-6-2-8-7-1-5(7)3-11-9(8)12-4-6/h2,4-5,7H,1,3,10H2,(H,11,12). The fourth-order valence-corrected chi connectivity index (χ4v) is 2.01. The predicted octanol–water partition coefficient (Wildman–Crippen LogP) is 1.19. The van der Waals surface area contributed by atoms with E-state index in [1.54, 1.807) is 6.20 Å². The van der Waals surface area contributed by atoms with Gasteiger partial charge in [0.05, 0.1) is 11.9 Å². The molecule has 0 amide bonds. The lowest BCUT2D eigenvalue weighted by Crippen LogP contribution is -2.13. The molecule has 2 aliphatic rings. The topological polar surface area (TPSA) is 50.9 Å². The van der Waals surface area contributed by atoms with E-state index in [4.69, 9.17) is 5.73 Å². The molecule has 1 aliphatic carbocycles. The molecule has 3 N–H and O–H groups in total. The highest BCUT2D eigenvalue weighted by molar-refractivity contribution is 5.57. The van der Waals surface area contributed by atoms with Crippen LogP contribution in [0.15, 0.2) is 12.3 Å². The first-order valence-corrected chi connectivity index (χ1v) is 4.34. The Morgan fingerprint density at radius 3 is 3.42 bits per heavy atom. The van der Waals surface area contributed by atoms with Gasteiger partial charge in [-0.1, -0.05) is 0 Å². The highest BCUT2D eigenvalue weighted by Crippen LogP contribution is 2.52. The van der Waals surface area contributed by atoms with E-state index < -0.39 is 0 Å². The van der Waals surface area contributed by atoms with Crippen LogP contribution in [0.4, 0.5) is 11.5 Å². The lowest BCUT2D eigenvalue weighted by molar-refractivity contribution is 0.807. The van der Waals surface area contributed by atoms with Gasteiger partial charge in [-0.3, -0.25) is 0 Å². The molecule has 2 atom stereocenters. The fourth-order valence-electron chi connectivity index (χ4n) is 2.01. The molecule has 1 aliphatic heterocycles. The maximum Gasteiger partial charge on any atom is 0.129 e. The Morgan fingerprint density at radius 2 is 2.50 bits per heavy atom. The molecule has 0 spiro atoms. The van der Waals surface area contributed by atoms with Gasteiger partial charge in [0.2, 0.25) is 0 Å². The number of nitrogens with one attached hydrogen (secondary N) is 1. The van der Waals surface area contributed by atoms with Crippen molar-refractivity contribution in [3.8, 4) is 0 Å². The molecular weight excluding hydrogens is 150 g/mol. The lowest BCUT2D eigenvalue weighted by Gasteiger charge is -2.15. The molecule has 3 rings (SSSR count). The molecular formula is C9H11N3. The van der Waals surface area contributed by atoms with Crippen molar-refractivity contribution < 1.29 is 0 Å². The van der Waals surface area contributed by atoms with Gasteiger partial charge in [-0.05, 0) is 29.9 Å². The van der Waals surface area contributed by atoms with Crippen molar-refractivity contribution >= 4 is 11.5 Å². The molecule has 0 aromatic carbocycles. The Balaban J connectivity index is 2.14. The first-order valence-electron chi connectivity index (χ1n) is 4.34. The van der Waals surface area contributed by atoms with Crippen molar-refractivity contribution in [1.82, 2.24) is 4.98 Å². The smallest absolute Gasteiger partial charge is 0.129 e. The Labute approximate surface area is 71.0 Å². The van der Waals surface area contributed by atoms with Crippen LogP contribution in [0.1, 0.15) is 17.9 Å². The number of aromatic nitrogens is 1. The van der Waals surface area contributed by atoms with Gasteiger partial charge in [0, 0.05) is 6.54 Å². The third-order valence-corrected chi connectivity index (χ3v) is 2.79. The van der Waals surface area contributed by atoms with Crippen molar-refractivity contribution in [3.63, 3.8) is 0 Å². The second-order valence-corrected chi connectivity index (χ2v) is 3.69. The van der Waals surface area contributed by atoms with Crippen molar-refractivity contribution in [2.24, 2.45) is 5.92 Å². The van der Waals surface area contributed by atoms with Gasteiger partial charge in [0.15, 0.2) is 0 Å². The second kappa shape index (κ2) is 1.91. The minimum Gasteiger partial charge on any atom is -0.397 e. The van der Waals surface area contributed by atoms with E-state index in [1.807, 2.05) is 0 Å². The molecule has 0 bridgehead atoms. The monoisotopic (exact) mass is 161 g/mol. The van der Waals surface area contributed by atoms with Crippen LogP contribution in [0, 0.1) is 5.92 Å². The molecule has 1 aromatic rings. The Bertz CT molecular complexity index is 335. The largest absolute Gasteiger partial charge is 0.397 e. The molecule has 62 valence electrons. The van der Waals surface area contributed by atoms with Crippen molar-refractivity contribution in [2.45, 2.75) is 12.3 Å². The van der Waals surface area contributed by atoms with Gasteiger partial charge < -0.3 is 11.1 Å². The molecule has 2 heterocycles. The van der Waals surface area contributed by atoms with Gasteiger partial charge in [-0.25, -0.2) is 4.98 Å². The van der Waals surface area contributed by atoms with Gasteiger partial charge >= 0.3 is 0 Å². The number of rotatable bonds is 0. The number of anilines is 2. The number of pyridine rings is 1. The lowest BCUT2D eigenvalue weighted by atomic mass is 10.1. The third kappa shape index (κ3) is 0.734. The van der Waals surface area contributed by atoms with E-state index >= 15 is 0 Å². The zero-order valence-corrected chi connectivity index (χ0v) is 6.75. The maximum absolute atomic E-state index is 5.67. The van der Waals surface area contributed by atoms with Crippen molar-refractivity contribution in [3.05, 3.63) is 17.8 Å². The van der Waals surface area contributed by atoms with Crippen LogP contribution in [0.25, 0.3) is 0 Å². The third-order valence-electron chi connectivity index (χ3n) is 2.79. The summed E-state index contributed by atoms with van der Waals surface area (Å²) in [5.41, 5.74) is 7.78. The van der Waals surface area contributed by atoms with E-state index in [-0.39, 0.29) is 0 Å². The van der Waals surface area contributed by atoms with E-state index in [9.17, 15) is 0 Å². The molecule has 3 nitrogen and oxygen atoms in total. The summed E-state index contributed by atoms with van der Waals surface area (Å²) in [5, 5.41) is 3.31. The van der Waals surface area contributed by atoms with Crippen LogP contribution >= 0.6 is 0 Å². The van der Waals surface area contributed by atoms with Gasteiger partial charge in [-0.15, -0.1) is 0 Å². The normalized spacial score (nSPS) is 30.0. The zero-order chi connectivity index (χ0) is 8.13. The number of fused-ring (bicyclic) bond motifs is 3. The molecule has 1 aromatic heterocycles. The highest BCUT2D eigenvalue weighted by Gasteiger charge is 2.42. The van der Waals surface area contributed by atoms with Crippen LogP contribution < -0.4 is 11.1 Å². The zero-order valence-electron chi connectivity index (χ0n) is 6.75. The summed E-state index contributed by atoms with van der Waals surface area (Å²) in [6.45, 7) is 1.09. The predicted molar refractivity (Wildman–Crippen MR) is 48.0 cm³/mol. The van der Waals surface area contributed by atoms with Gasteiger partial charge in [-0.2, -0.15) is 0 Å². The Hall–Kier alpha value is -1.25. The molecule has 1 saturated carbocycles. The second-order valence-electron chi connectivity index (χ2n) is 3.69. The Kier molecular flexibility index (Phi) is 1.00. The average molecular weight is 161 g/mol. The van der Waals surface area contributed by atoms with E-state index in [2.05, 4.69) is 16.4 Å². The van der Waals surface area contributed by atoms with Gasteiger partial charge in [0.1, 0.15) is 5.82 Å². The number of hydrogen-bond donors (Lipinski definition) is 2. The summed E-state index contributed by atoms with van der Waals surface area (Å²) < 4.78 is 0. The number of nitrogens with two attached hydrogens (primary N) is 1. The molecule has 3 heteroatoms. The van der Waals surface area contributed by atoms with Crippen LogP contribution in [0.5, 0.6) is 0 Å². The first kappa shape index (κ1) is 6.29. The van der Waals surface area contributed by atoms with Crippen LogP contribution in [0.3, 0.4) is 0 Å². The van der Waals surface area contributed by atoms with E-state index in [1.165, 1.54) is 12.0 Å². The molecule has 1 fully saturated rings. The van der Waals surface area contributed by atoms with Crippen LogP contribution in [-0.4, -0.2) is 11.5 Å². The Morgan fingerprint density at radius 1 is 1.58 bits per heavy atom. The van der Waals surface area contributed by atoms with Crippen molar-refractivity contribution in [2.75, 3.05) is 17.6 Å². The quantitative estimate of drug-likeness (QED) is 0.601.